The SMILES string of the molecule is NC1[C@H]2CN(C(=O)C(F)(F)F)C[C@@H]12. The van der Waals surface area contributed by atoms with Crippen molar-refractivity contribution >= 4 is 5.91 Å². The monoisotopic (exact) mass is 194 g/mol. The van der Waals surface area contributed by atoms with E-state index in [2.05, 4.69) is 0 Å². The lowest BCUT2D eigenvalue weighted by atomic mass is 10.4. The van der Waals surface area contributed by atoms with Gasteiger partial charge in [0.15, 0.2) is 0 Å². The van der Waals surface area contributed by atoms with Crippen LogP contribution in [0.1, 0.15) is 0 Å². The topological polar surface area (TPSA) is 46.3 Å². The van der Waals surface area contributed by atoms with Gasteiger partial charge in [-0.3, -0.25) is 4.79 Å². The van der Waals surface area contributed by atoms with Gasteiger partial charge in [-0.1, -0.05) is 0 Å². The Kier molecular flexibility index (Phi) is 1.61. The molecule has 1 heterocycles. The summed E-state index contributed by atoms with van der Waals surface area (Å²) < 4.78 is 35.8. The summed E-state index contributed by atoms with van der Waals surface area (Å²) in [5.41, 5.74) is 5.52. The zero-order chi connectivity index (χ0) is 9.80. The fourth-order valence-corrected chi connectivity index (χ4v) is 1.92. The van der Waals surface area contributed by atoms with Crippen molar-refractivity contribution in [2.45, 2.75) is 12.2 Å². The van der Waals surface area contributed by atoms with Crippen LogP contribution in [0.5, 0.6) is 0 Å². The van der Waals surface area contributed by atoms with Gasteiger partial charge in [0, 0.05) is 19.1 Å². The van der Waals surface area contributed by atoms with Crippen LogP contribution in [0.25, 0.3) is 0 Å². The van der Waals surface area contributed by atoms with E-state index in [9.17, 15) is 18.0 Å². The molecular formula is C7H9F3N2O. The lowest BCUT2D eigenvalue weighted by Gasteiger charge is -2.20. The Balaban J connectivity index is 1.95. The second kappa shape index (κ2) is 2.37. The average molecular weight is 194 g/mol. The van der Waals surface area contributed by atoms with E-state index >= 15 is 0 Å². The molecular weight excluding hydrogens is 185 g/mol. The van der Waals surface area contributed by atoms with Gasteiger partial charge in [0.2, 0.25) is 0 Å². The van der Waals surface area contributed by atoms with Crippen molar-refractivity contribution in [2.24, 2.45) is 17.6 Å². The molecule has 2 rings (SSSR count). The first-order chi connectivity index (χ1) is 5.91. The highest BCUT2D eigenvalue weighted by Crippen LogP contribution is 2.44. The summed E-state index contributed by atoms with van der Waals surface area (Å²) in [6, 6.07) is 0.0114. The largest absolute Gasteiger partial charge is 0.471 e. The number of rotatable bonds is 0. The summed E-state index contributed by atoms with van der Waals surface area (Å²) in [7, 11) is 0. The molecule has 0 aromatic heterocycles. The molecule has 3 nitrogen and oxygen atoms in total. The molecule has 2 N–H and O–H groups in total. The third-order valence-electron chi connectivity index (χ3n) is 2.79. The minimum absolute atomic E-state index is 0.0114. The van der Waals surface area contributed by atoms with Crippen molar-refractivity contribution in [1.29, 1.82) is 0 Å². The van der Waals surface area contributed by atoms with E-state index in [-0.39, 0.29) is 31.0 Å². The van der Waals surface area contributed by atoms with Gasteiger partial charge in [-0.2, -0.15) is 13.2 Å². The van der Waals surface area contributed by atoms with Crippen LogP contribution in [0.2, 0.25) is 0 Å². The number of nitrogens with two attached hydrogens (primary N) is 1. The van der Waals surface area contributed by atoms with Gasteiger partial charge in [0.25, 0.3) is 0 Å². The molecule has 1 unspecified atom stereocenters. The number of nitrogens with zero attached hydrogens (tertiary/aromatic N) is 1. The number of alkyl halides is 3. The molecule has 2 fully saturated rings. The number of carbonyl (C=O) groups excluding carboxylic acids is 1. The maximum Gasteiger partial charge on any atom is 0.471 e. The number of likely N-dealkylation sites (tertiary alicyclic amines) is 1. The van der Waals surface area contributed by atoms with Gasteiger partial charge in [-0.25, -0.2) is 0 Å². The van der Waals surface area contributed by atoms with E-state index in [1.54, 1.807) is 0 Å². The fourth-order valence-electron chi connectivity index (χ4n) is 1.92. The van der Waals surface area contributed by atoms with E-state index in [0.717, 1.165) is 4.90 Å². The molecule has 74 valence electrons. The Labute approximate surface area is 72.7 Å². The van der Waals surface area contributed by atoms with Crippen molar-refractivity contribution in [3.05, 3.63) is 0 Å². The number of halogens is 3. The van der Waals surface area contributed by atoms with Crippen LogP contribution in [-0.2, 0) is 4.79 Å². The first kappa shape index (κ1) is 8.80. The minimum atomic E-state index is -4.74. The second-order valence-electron chi connectivity index (χ2n) is 3.61. The molecule has 1 amide bonds. The Morgan fingerprint density at radius 1 is 1.31 bits per heavy atom. The molecule has 0 bridgehead atoms. The van der Waals surface area contributed by atoms with Crippen molar-refractivity contribution in [3.63, 3.8) is 0 Å². The van der Waals surface area contributed by atoms with Gasteiger partial charge in [0.1, 0.15) is 0 Å². The van der Waals surface area contributed by atoms with Crippen LogP contribution >= 0.6 is 0 Å². The Bertz CT molecular complexity index is 241. The Morgan fingerprint density at radius 3 is 2.15 bits per heavy atom. The number of hydrogen-bond donors (Lipinski definition) is 1. The Morgan fingerprint density at radius 2 is 1.77 bits per heavy atom. The third-order valence-corrected chi connectivity index (χ3v) is 2.79. The summed E-state index contributed by atoms with van der Waals surface area (Å²) in [4.78, 5) is 11.5. The first-order valence-electron chi connectivity index (χ1n) is 4.03. The number of amides is 1. The van der Waals surface area contributed by atoms with Crippen LogP contribution in [0.3, 0.4) is 0 Å². The molecule has 0 aromatic carbocycles. The molecule has 0 radical (unpaired) electrons. The van der Waals surface area contributed by atoms with Gasteiger partial charge >= 0.3 is 12.1 Å². The highest BCUT2D eigenvalue weighted by molar-refractivity contribution is 5.82. The molecule has 0 spiro atoms. The number of carbonyl (C=O) groups is 1. The van der Waals surface area contributed by atoms with Crippen molar-refractivity contribution < 1.29 is 18.0 Å². The lowest BCUT2D eigenvalue weighted by molar-refractivity contribution is -0.184. The van der Waals surface area contributed by atoms with E-state index in [1.807, 2.05) is 0 Å². The van der Waals surface area contributed by atoms with E-state index < -0.39 is 12.1 Å². The van der Waals surface area contributed by atoms with Crippen molar-refractivity contribution in [3.8, 4) is 0 Å². The van der Waals surface area contributed by atoms with Gasteiger partial charge in [-0.15, -0.1) is 0 Å². The van der Waals surface area contributed by atoms with Crippen LogP contribution in [0.15, 0.2) is 0 Å². The fraction of sp³-hybridized carbons (Fsp3) is 0.857. The van der Waals surface area contributed by atoms with Gasteiger partial charge in [-0.05, 0) is 11.8 Å². The highest BCUT2D eigenvalue weighted by Gasteiger charge is 2.57. The van der Waals surface area contributed by atoms with Crippen LogP contribution in [-0.4, -0.2) is 36.1 Å². The zero-order valence-corrected chi connectivity index (χ0v) is 6.71. The van der Waals surface area contributed by atoms with E-state index in [1.165, 1.54) is 0 Å². The predicted octanol–water partition coefficient (Wildman–Crippen LogP) is -0.0358. The summed E-state index contributed by atoms with van der Waals surface area (Å²) in [6.45, 7) is 0.342. The van der Waals surface area contributed by atoms with Crippen LogP contribution in [0, 0.1) is 11.8 Å². The standard InChI is InChI=1S/C7H9F3N2O/c8-7(9,10)6(13)12-1-3-4(2-12)5(3)11/h3-5H,1-2,11H2/t3-,4+,5?. The van der Waals surface area contributed by atoms with E-state index in [0.29, 0.717) is 0 Å². The van der Waals surface area contributed by atoms with Gasteiger partial charge in [0.05, 0.1) is 0 Å². The molecule has 0 aromatic rings. The maximum atomic E-state index is 11.9. The summed E-state index contributed by atoms with van der Waals surface area (Å²) in [5, 5.41) is 0. The number of piperidine rings is 1. The van der Waals surface area contributed by atoms with Crippen molar-refractivity contribution in [2.75, 3.05) is 13.1 Å². The van der Waals surface area contributed by atoms with Crippen molar-refractivity contribution in [1.82, 2.24) is 4.90 Å². The van der Waals surface area contributed by atoms with Gasteiger partial charge < -0.3 is 10.6 Å². The number of fused-ring (bicyclic) bond motifs is 1. The normalized spacial score (nSPS) is 37.5. The average Bonchev–Trinajstić information content (AvgIpc) is 2.51. The smallest absolute Gasteiger partial charge is 0.334 e. The predicted molar refractivity (Wildman–Crippen MR) is 37.6 cm³/mol. The third kappa shape index (κ3) is 1.29. The molecule has 1 aliphatic carbocycles. The molecule has 13 heavy (non-hydrogen) atoms. The minimum Gasteiger partial charge on any atom is -0.334 e. The molecule has 1 aliphatic heterocycles. The summed E-state index contributed by atoms with van der Waals surface area (Å²) in [5.74, 6) is -1.52. The van der Waals surface area contributed by atoms with E-state index in [4.69, 9.17) is 5.73 Å². The summed E-state index contributed by atoms with van der Waals surface area (Å²) in [6.07, 6.45) is -4.74. The second-order valence-corrected chi connectivity index (χ2v) is 3.61. The first-order valence-corrected chi connectivity index (χ1v) is 4.03. The zero-order valence-electron chi connectivity index (χ0n) is 6.71. The molecule has 1 saturated heterocycles. The quantitative estimate of drug-likeness (QED) is 0.588. The molecule has 6 heteroatoms. The number of hydrogen-bond acceptors (Lipinski definition) is 2. The molecule has 1 saturated carbocycles. The van der Waals surface area contributed by atoms with Crippen LogP contribution in [0.4, 0.5) is 13.2 Å². The lowest BCUT2D eigenvalue weighted by Crippen LogP contribution is -2.42. The molecule has 2 aliphatic rings. The molecule has 3 atom stereocenters. The highest BCUT2D eigenvalue weighted by atomic mass is 19.4. The van der Waals surface area contributed by atoms with Crippen LogP contribution < -0.4 is 5.73 Å². The Hall–Kier alpha value is -0.780. The summed E-state index contributed by atoms with van der Waals surface area (Å²) >= 11 is 0. The maximum absolute atomic E-state index is 11.9.